The number of rotatable bonds is 4. The zero-order valence-corrected chi connectivity index (χ0v) is 9.95. The van der Waals surface area contributed by atoms with Crippen molar-refractivity contribution in [2.24, 2.45) is 16.8 Å². The predicted octanol–water partition coefficient (Wildman–Crippen LogP) is 1.82. The van der Waals surface area contributed by atoms with Crippen LogP contribution in [0.25, 0.3) is 0 Å². The Morgan fingerprint density at radius 2 is 2.11 bits per heavy atom. The third-order valence-corrected chi connectivity index (χ3v) is 2.45. The zero-order valence-electron chi connectivity index (χ0n) is 9.95. The number of amides is 1. The summed E-state index contributed by atoms with van der Waals surface area (Å²) in [6.45, 7) is 1.57. The molecule has 0 spiro atoms. The molecule has 8 heteroatoms. The predicted molar refractivity (Wildman–Crippen MR) is 62.1 cm³/mol. The molecular formula is C11H12F3N3O2. The number of nitrogens with zero attached hydrogens (tertiary/aromatic N) is 1. The number of hydrogen-bond donors (Lipinski definition) is 3. The molecule has 0 radical (unpaired) electrons. The van der Waals surface area contributed by atoms with E-state index in [2.05, 4.69) is 5.16 Å². The van der Waals surface area contributed by atoms with E-state index < -0.39 is 35.0 Å². The molecule has 0 bridgehead atoms. The second kappa shape index (κ2) is 6.07. The minimum absolute atomic E-state index is 0.168. The van der Waals surface area contributed by atoms with Crippen LogP contribution < -0.4 is 11.1 Å². The van der Waals surface area contributed by atoms with Gasteiger partial charge in [0.15, 0.2) is 17.5 Å². The fourth-order valence-electron chi connectivity index (χ4n) is 1.47. The quantitative estimate of drug-likeness (QED) is 0.257. The summed E-state index contributed by atoms with van der Waals surface area (Å²) in [5.41, 5.74) is 4.63. The van der Waals surface area contributed by atoms with Crippen LogP contribution in [0, 0.1) is 23.4 Å². The molecule has 0 aliphatic heterocycles. The average molecular weight is 275 g/mol. The van der Waals surface area contributed by atoms with Crippen molar-refractivity contribution in [3.63, 3.8) is 0 Å². The number of amidine groups is 1. The molecule has 1 atom stereocenters. The summed E-state index contributed by atoms with van der Waals surface area (Å²) < 4.78 is 39.2. The Bertz CT molecular complexity index is 520. The van der Waals surface area contributed by atoms with E-state index in [0.29, 0.717) is 12.1 Å². The molecule has 1 aromatic carbocycles. The lowest BCUT2D eigenvalue weighted by molar-refractivity contribution is -0.118. The van der Waals surface area contributed by atoms with Gasteiger partial charge in [0.1, 0.15) is 5.82 Å². The van der Waals surface area contributed by atoms with E-state index in [-0.39, 0.29) is 12.3 Å². The first-order chi connectivity index (χ1) is 8.90. The van der Waals surface area contributed by atoms with Crippen LogP contribution in [0.5, 0.6) is 0 Å². The lowest BCUT2D eigenvalue weighted by Gasteiger charge is -2.14. The van der Waals surface area contributed by atoms with Gasteiger partial charge in [-0.1, -0.05) is 12.1 Å². The summed E-state index contributed by atoms with van der Waals surface area (Å²) >= 11 is 0. The Balaban J connectivity index is 2.99. The zero-order chi connectivity index (χ0) is 14.6. The Morgan fingerprint density at radius 3 is 2.63 bits per heavy atom. The molecule has 0 saturated heterocycles. The number of oxime groups is 1. The average Bonchev–Trinajstić information content (AvgIpc) is 2.35. The molecule has 0 saturated carbocycles. The molecule has 1 amide bonds. The second-order valence-electron chi connectivity index (χ2n) is 3.72. The van der Waals surface area contributed by atoms with Crippen molar-refractivity contribution in [2.45, 2.75) is 13.3 Å². The molecule has 0 fully saturated rings. The van der Waals surface area contributed by atoms with Crippen LogP contribution in [-0.4, -0.2) is 17.0 Å². The summed E-state index contributed by atoms with van der Waals surface area (Å²) in [6.07, 6.45) is 0.168. The van der Waals surface area contributed by atoms with Crippen molar-refractivity contribution >= 4 is 17.4 Å². The lowest BCUT2D eigenvalue weighted by Crippen LogP contribution is -2.34. The van der Waals surface area contributed by atoms with Gasteiger partial charge in [-0.2, -0.15) is 0 Å². The number of carbonyl (C=O) groups excluding carboxylic acids is 1. The van der Waals surface area contributed by atoms with Crippen molar-refractivity contribution in [1.29, 1.82) is 0 Å². The summed E-state index contributed by atoms with van der Waals surface area (Å²) in [6, 6.07) is 0.987. The normalized spacial score (nSPS) is 13.2. The minimum atomic E-state index is -1.42. The highest BCUT2D eigenvalue weighted by Gasteiger charge is 2.23. The molecule has 19 heavy (non-hydrogen) atoms. The summed E-state index contributed by atoms with van der Waals surface area (Å²) in [5.74, 6) is -6.09. The van der Waals surface area contributed by atoms with Gasteiger partial charge in [0.2, 0.25) is 5.91 Å². The number of nitrogens with two attached hydrogens (primary N) is 1. The Morgan fingerprint density at radius 1 is 1.47 bits per heavy atom. The highest BCUT2D eigenvalue weighted by Crippen LogP contribution is 2.20. The first-order valence-electron chi connectivity index (χ1n) is 5.33. The Hall–Kier alpha value is -2.25. The van der Waals surface area contributed by atoms with Crippen molar-refractivity contribution < 1.29 is 23.2 Å². The fourth-order valence-corrected chi connectivity index (χ4v) is 1.47. The van der Waals surface area contributed by atoms with Gasteiger partial charge in [-0.3, -0.25) is 4.79 Å². The van der Waals surface area contributed by atoms with Crippen LogP contribution in [0.1, 0.15) is 13.3 Å². The number of carbonyl (C=O) groups is 1. The second-order valence-corrected chi connectivity index (χ2v) is 3.72. The minimum Gasteiger partial charge on any atom is -0.409 e. The van der Waals surface area contributed by atoms with E-state index in [1.54, 1.807) is 6.92 Å². The highest BCUT2D eigenvalue weighted by atomic mass is 19.2. The van der Waals surface area contributed by atoms with E-state index in [0.717, 1.165) is 0 Å². The highest BCUT2D eigenvalue weighted by molar-refractivity contribution is 6.07. The lowest BCUT2D eigenvalue weighted by atomic mass is 10.0. The van der Waals surface area contributed by atoms with Gasteiger partial charge >= 0.3 is 0 Å². The van der Waals surface area contributed by atoms with Gasteiger partial charge in [0, 0.05) is 12.1 Å². The molecule has 1 aromatic rings. The van der Waals surface area contributed by atoms with E-state index in [1.165, 1.54) is 0 Å². The van der Waals surface area contributed by atoms with Crippen LogP contribution >= 0.6 is 0 Å². The van der Waals surface area contributed by atoms with Crippen molar-refractivity contribution in [3.8, 4) is 0 Å². The third-order valence-electron chi connectivity index (χ3n) is 2.45. The van der Waals surface area contributed by atoms with E-state index in [4.69, 9.17) is 10.9 Å². The van der Waals surface area contributed by atoms with Crippen LogP contribution in [0.4, 0.5) is 18.9 Å². The van der Waals surface area contributed by atoms with Crippen molar-refractivity contribution in [2.75, 3.05) is 5.32 Å². The van der Waals surface area contributed by atoms with Gasteiger partial charge in [-0.05, 0) is 6.42 Å². The summed E-state index contributed by atoms with van der Waals surface area (Å²) in [7, 11) is 0. The smallest absolute Gasteiger partial charge is 0.235 e. The van der Waals surface area contributed by atoms with Crippen LogP contribution in [0.2, 0.25) is 0 Å². The van der Waals surface area contributed by atoms with E-state index in [9.17, 15) is 18.0 Å². The molecule has 0 heterocycles. The van der Waals surface area contributed by atoms with Crippen LogP contribution in [0.3, 0.4) is 0 Å². The SMILES string of the molecule is CCC(C(=O)Nc1cc(F)cc(F)c1F)C(N)=NO. The Kier molecular flexibility index (Phi) is 4.74. The first kappa shape index (κ1) is 14.8. The summed E-state index contributed by atoms with van der Waals surface area (Å²) in [5, 5.41) is 13.1. The maximum atomic E-state index is 13.3. The van der Waals surface area contributed by atoms with Gasteiger partial charge in [0.05, 0.1) is 11.6 Å². The molecule has 4 N–H and O–H groups in total. The van der Waals surface area contributed by atoms with Gasteiger partial charge in [-0.25, -0.2) is 13.2 Å². The maximum absolute atomic E-state index is 13.3. The van der Waals surface area contributed by atoms with Crippen LogP contribution in [0.15, 0.2) is 17.3 Å². The number of hydrogen-bond acceptors (Lipinski definition) is 3. The van der Waals surface area contributed by atoms with Crippen molar-refractivity contribution in [1.82, 2.24) is 0 Å². The molecule has 5 nitrogen and oxygen atoms in total. The Labute approximate surface area is 106 Å². The van der Waals surface area contributed by atoms with Crippen LogP contribution in [-0.2, 0) is 4.79 Å². The van der Waals surface area contributed by atoms with Crippen molar-refractivity contribution in [3.05, 3.63) is 29.6 Å². The molecule has 0 aliphatic carbocycles. The van der Waals surface area contributed by atoms with E-state index >= 15 is 0 Å². The largest absolute Gasteiger partial charge is 0.409 e. The topological polar surface area (TPSA) is 87.7 Å². The monoisotopic (exact) mass is 275 g/mol. The first-order valence-corrected chi connectivity index (χ1v) is 5.33. The van der Waals surface area contributed by atoms with E-state index in [1.807, 2.05) is 5.32 Å². The molecule has 1 rings (SSSR count). The molecule has 104 valence electrons. The summed E-state index contributed by atoms with van der Waals surface area (Å²) in [4.78, 5) is 11.7. The molecule has 0 aliphatic rings. The molecule has 0 aromatic heterocycles. The number of anilines is 1. The van der Waals surface area contributed by atoms with Gasteiger partial charge in [0.25, 0.3) is 0 Å². The molecule has 1 unspecified atom stereocenters. The van der Waals surface area contributed by atoms with Gasteiger partial charge < -0.3 is 16.3 Å². The number of halogens is 3. The standard InChI is InChI=1S/C11H12F3N3O2/c1-2-6(10(15)17-19)11(18)16-8-4-5(12)3-7(13)9(8)14/h3-4,6,19H,2H2,1H3,(H2,15,17)(H,16,18). The number of benzene rings is 1. The van der Waals surface area contributed by atoms with Gasteiger partial charge in [-0.15, -0.1) is 0 Å². The fraction of sp³-hybridized carbons (Fsp3) is 0.273. The number of nitrogens with one attached hydrogen (secondary N) is 1. The molecular weight excluding hydrogens is 263 g/mol. The third kappa shape index (κ3) is 3.36. The maximum Gasteiger partial charge on any atom is 0.235 e.